The predicted molar refractivity (Wildman–Crippen MR) is 94.8 cm³/mol. The van der Waals surface area contributed by atoms with E-state index in [0.29, 0.717) is 13.1 Å². The third kappa shape index (κ3) is 4.91. The molecular weight excluding hydrogens is 317 g/mol. The average Bonchev–Trinajstić information content (AvgIpc) is 3.14. The van der Waals surface area contributed by atoms with Crippen molar-refractivity contribution in [3.63, 3.8) is 0 Å². The van der Waals surface area contributed by atoms with Gasteiger partial charge in [0.2, 0.25) is 5.91 Å². The molecule has 25 heavy (non-hydrogen) atoms. The number of rotatable bonds is 6. The molecule has 1 heterocycles. The van der Waals surface area contributed by atoms with E-state index in [1.54, 1.807) is 35.4 Å². The first-order chi connectivity index (χ1) is 12.2. The van der Waals surface area contributed by atoms with Gasteiger partial charge in [-0.05, 0) is 41.5 Å². The summed E-state index contributed by atoms with van der Waals surface area (Å²) in [6.07, 6.45) is 4.77. The van der Waals surface area contributed by atoms with Crippen molar-refractivity contribution in [1.29, 1.82) is 0 Å². The first-order valence-electron chi connectivity index (χ1n) is 7.99. The molecule has 0 N–H and O–H groups in total. The third-order valence-electron chi connectivity index (χ3n) is 3.74. The highest BCUT2D eigenvalue weighted by molar-refractivity contribution is 5.91. The van der Waals surface area contributed by atoms with Crippen LogP contribution in [0.5, 0.6) is 0 Å². The maximum atomic E-state index is 13.0. The van der Waals surface area contributed by atoms with Gasteiger partial charge in [0, 0.05) is 12.6 Å². The quantitative estimate of drug-likeness (QED) is 0.614. The van der Waals surface area contributed by atoms with Crippen molar-refractivity contribution < 1.29 is 13.6 Å². The first-order valence-corrected chi connectivity index (χ1v) is 7.99. The zero-order valence-electron chi connectivity index (χ0n) is 13.6. The van der Waals surface area contributed by atoms with E-state index >= 15 is 0 Å². The molecule has 0 radical (unpaired) electrons. The number of halogens is 1. The van der Waals surface area contributed by atoms with E-state index < -0.39 is 0 Å². The molecular formula is C21H18FNO2. The summed E-state index contributed by atoms with van der Waals surface area (Å²) in [5.74, 6) is 0.288. The zero-order chi connectivity index (χ0) is 17.5. The Morgan fingerprint density at radius 3 is 2.40 bits per heavy atom. The molecule has 0 aliphatic carbocycles. The molecule has 0 spiro atoms. The average molecular weight is 335 g/mol. The van der Waals surface area contributed by atoms with Gasteiger partial charge in [0.15, 0.2) is 0 Å². The van der Waals surface area contributed by atoms with E-state index in [4.69, 9.17) is 4.42 Å². The molecule has 4 heteroatoms. The Bertz CT molecular complexity index is 824. The third-order valence-corrected chi connectivity index (χ3v) is 3.74. The largest absolute Gasteiger partial charge is 0.467 e. The predicted octanol–water partition coefficient (Wildman–Crippen LogP) is 4.66. The minimum atomic E-state index is -0.299. The number of hydrogen-bond acceptors (Lipinski definition) is 2. The lowest BCUT2D eigenvalue weighted by Gasteiger charge is -2.20. The van der Waals surface area contributed by atoms with Gasteiger partial charge in [-0.1, -0.05) is 42.5 Å². The highest BCUT2D eigenvalue weighted by Gasteiger charge is 2.13. The molecule has 0 unspecified atom stereocenters. The Hall–Kier alpha value is -3.14. The molecule has 1 amide bonds. The molecule has 0 fully saturated rings. The van der Waals surface area contributed by atoms with E-state index in [-0.39, 0.29) is 11.7 Å². The minimum absolute atomic E-state index is 0.135. The number of furan rings is 1. The molecule has 3 rings (SSSR count). The van der Waals surface area contributed by atoms with Crippen molar-refractivity contribution in [3.8, 4) is 0 Å². The standard InChI is InChI=1S/C21H18FNO2/c22-19-11-8-17(9-12-19)10-13-21(24)23(16-20-7-4-14-25-20)15-18-5-2-1-3-6-18/h1-14H,15-16H2. The van der Waals surface area contributed by atoms with Crippen LogP contribution in [-0.4, -0.2) is 10.8 Å². The lowest BCUT2D eigenvalue weighted by Crippen LogP contribution is -2.28. The van der Waals surface area contributed by atoms with E-state index in [1.165, 1.54) is 18.2 Å². The fourth-order valence-electron chi connectivity index (χ4n) is 2.45. The maximum absolute atomic E-state index is 13.0. The smallest absolute Gasteiger partial charge is 0.247 e. The second-order valence-corrected chi connectivity index (χ2v) is 5.64. The fourth-order valence-corrected chi connectivity index (χ4v) is 2.45. The topological polar surface area (TPSA) is 33.5 Å². The molecule has 1 aromatic heterocycles. The van der Waals surface area contributed by atoms with Gasteiger partial charge in [0.05, 0.1) is 12.8 Å². The van der Waals surface area contributed by atoms with Gasteiger partial charge in [-0.25, -0.2) is 4.39 Å². The molecule has 3 nitrogen and oxygen atoms in total. The van der Waals surface area contributed by atoms with Crippen molar-refractivity contribution in [3.05, 3.63) is 102 Å². The van der Waals surface area contributed by atoms with Crippen molar-refractivity contribution >= 4 is 12.0 Å². The van der Waals surface area contributed by atoms with Crippen molar-refractivity contribution in [1.82, 2.24) is 4.90 Å². The molecule has 0 aliphatic heterocycles. The lowest BCUT2D eigenvalue weighted by molar-refractivity contribution is -0.127. The van der Waals surface area contributed by atoms with E-state index in [9.17, 15) is 9.18 Å². The van der Waals surface area contributed by atoms with Gasteiger partial charge >= 0.3 is 0 Å². The molecule has 0 atom stereocenters. The van der Waals surface area contributed by atoms with E-state index in [0.717, 1.165) is 16.9 Å². The Balaban J connectivity index is 1.75. The molecule has 126 valence electrons. The van der Waals surface area contributed by atoms with Gasteiger partial charge in [0.1, 0.15) is 11.6 Å². The SMILES string of the molecule is O=C(C=Cc1ccc(F)cc1)N(Cc1ccccc1)Cc1ccco1. The van der Waals surface area contributed by atoms with Gasteiger partial charge in [-0.2, -0.15) is 0 Å². The highest BCUT2D eigenvalue weighted by atomic mass is 19.1. The van der Waals surface area contributed by atoms with Gasteiger partial charge in [-0.3, -0.25) is 4.79 Å². The van der Waals surface area contributed by atoms with Crippen LogP contribution in [0, 0.1) is 5.82 Å². The summed E-state index contributed by atoms with van der Waals surface area (Å²) >= 11 is 0. The number of hydrogen-bond donors (Lipinski definition) is 0. The molecule has 3 aromatic rings. The van der Waals surface area contributed by atoms with Crippen LogP contribution < -0.4 is 0 Å². The van der Waals surface area contributed by atoms with Crippen LogP contribution in [0.4, 0.5) is 4.39 Å². The Morgan fingerprint density at radius 1 is 0.960 bits per heavy atom. The summed E-state index contributed by atoms with van der Waals surface area (Å²) in [4.78, 5) is 14.3. The lowest BCUT2D eigenvalue weighted by atomic mass is 10.2. The Kier molecular flexibility index (Phi) is 5.42. The van der Waals surface area contributed by atoms with E-state index in [2.05, 4.69) is 0 Å². The number of benzene rings is 2. The summed E-state index contributed by atoms with van der Waals surface area (Å²) in [6, 6.07) is 19.4. The van der Waals surface area contributed by atoms with Gasteiger partial charge in [0.25, 0.3) is 0 Å². The summed E-state index contributed by atoms with van der Waals surface area (Å²) in [6.45, 7) is 0.864. The van der Waals surface area contributed by atoms with Crippen molar-refractivity contribution in [2.24, 2.45) is 0 Å². The molecule has 0 bridgehead atoms. The molecule has 0 aliphatic rings. The Labute approximate surface area is 146 Å². The number of carbonyl (C=O) groups is 1. The van der Waals surface area contributed by atoms with Crippen molar-refractivity contribution in [2.45, 2.75) is 13.1 Å². The second-order valence-electron chi connectivity index (χ2n) is 5.64. The van der Waals surface area contributed by atoms with Crippen LogP contribution in [0.25, 0.3) is 6.08 Å². The molecule has 0 saturated heterocycles. The number of nitrogens with zero attached hydrogens (tertiary/aromatic N) is 1. The zero-order valence-corrected chi connectivity index (χ0v) is 13.6. The molecule has 0 saturated carbocycles. The summed E-state index contributed by atoms with van der Waals surface area (Å²) in [5, 5.41) is 0. The number of amides is 1. The Morgan fingerprint density at radius 2 is 1.72 bits per heavy atom. The maximum Gasteiger partial charge on any atom is 0.247 e. The summed E-state index contributed by atoms with van der Waals surface area (Å²) in [5.41, 5.74) is 1.81. The van der Waals surface area contributed by atoms with Gasteiger partial charge < -0.3 is 9.32 Å². The van der Waals surface area contributed by atoms with Crippen LogP contribution >= 0.6 is 0 Å². The van der Waals surface area contributed by atoms with Crippen LogP contribution in [0.15, 0.2) is 83.5 Å². The van der Waals surface area contributed by atoms with Crippen LogP contribution in [0.1, 0.15) is 16.9 Å². The van der Waals surface area contributed by atoms with Gasteiger partial charge in [-0.15, -0.1) is 0 Å². The van der Waals surface area contributed by atoms with Crippen LogP contribution in [-0.2, 0) is 17.9 Å². The summed E-state index contributed by atoms with van der Waals surface area (Å²) < 4.78 is 18.3. The fraction of sp³-hybridized carbons (Fsp3) is 0.0952. The first kappa shape index (κ1) is 16.7. The second kappa shape index (κ2) is 8.11. The van der Waals surface area contributed by atoms with E-state index in [1.807, 2.05) is 36.4 Å². The highest BCUT2D eigenvalue weighted by Crippen LogP contribution is 2.12. The van der Waals surface area contributed by atoms with Crippen LogP contribution in [0.2, 0.25) is 0 Å². The minimum Gasteiger partial charge on any atom is -0.467 e. The number of carbonyl (C=O) groups excluding carboxylic acids is 1. The summed E-state index contributed by atoms with van der Waals surface area (Å²) in [7, 11) is 0. The van der Waals surface area contributed by atoms with Crippen LogP contribution in [0.3, 0.4) is 0 Å². The van der Waals surface area contributed by atoms with Crippen molar-refractivity contribution in [2.75, 3.05) is 0 Å². The normalized spacial score (nSPS) is 10.9. The molecule has 2 aromatic carbocycles. The monoisotopic (exact) mass is 335 g/mol.